The Bertz CT molecular complexity index is 561. The van der Waals surface area contributed by atoms with Crippen LogP contribution < -0.4 is 5.32 Å². The molecule has 1 unspecified atom stereocenters. The minimum atomic E-state index is -0.355. The number of aromatic nitrogens is 3. The zero-order valence-corrected chi connectivity index (χ0v) is 11.4. The van der Waals surface area contributed by atoms with E-state index in [2.05, 4.69) is 36.2 Å². The molecule has 0 aliphatic heterocycles. The van der Waals surface area contributed by atoms with Crippen molar-refractivity contribution in [3.8, 4) is 0 Å². The Morgan fingerprint density at radius 2 is 2.16 bits per heavy atom. The number of halogens is 1. The number of aliphatic hydroxyl groups excluding tert-OH is 1. The van der Waals surface area contributed by atoms with Crippen LogP contribution >= 0.6 is 0 Å². The van der Waals surface area contributed by atoms with Crippen molar-refractivity contribution in [3.05, 3.63) is 24.1 Å². The normalized spacial score (nSPS) is 13.7. The van der Waals surface area contributed by atoms with Crippen LogP contribution in [0.2, 0.25) is 0 Å². The zero-order chi connectivity index (χ0) is 14.0. The van der Waals surface area contributed by atoms with Crippen LogP contribution in [0.5, 0.6) is 0 Å². The summed E-state index contributed by atoms with van der Waals surface area (Å²) in [6.07, 6.45) is 1.89. The number of pyridine rings is 1. The number of anilines is 1. The van der Waals surface area contributed by atoms with Crippen molar-refractivity contribution < 1.29 is 9.50 Å². The fraction of sp³-hybridized carbons (Fsp3) is 0.538. The maximum atomic E-state index is 13.1. The van der Waals surface area contributed by atoms with E-state index in [1.807, 2.05) is 0 Å². The highest BCUT2D eigenvalue weighted by Crippen LogP contribution is 2.24. The van der Waals surface area contributed by atoms with E-state index >= 15 is 0 Å². The van der Waals surface area contributed by atoms with Crippen LogP contribution in [0.4, 0.5) is 10.3 Å². The fourth-order valence-corrected chi connectivity index (χ4v) is 1.93. The Hall–Kier alpha value is -1.69. The van der Waals surface area contributed by atoms with Crippen LogP contribution in [-0.2, 0) is 0 Å². The molecule has 0 aromatic carbocycles. The zero-order valence-electron chi connectivity index (χ0n) is 11.4. The average molecular weight is 266 g/mol. The molecule has 0 bridgehead atoms. The average Bonchev–Trinajstić information content (AvgIpc) is 2.68. The maximum Gasteiger partial charge on any atom is 0.243 e. The number of aliphatic hydroxyl groups is 1. The van der Waals surface area contributed by atoms with Crippen molar-refractivity contribution in [1.29, 1.82) is 0 Å². The first-order valence-electron chi connectivity index (χ1n) is 6.29. The first-order chi connectivity index (χ1) is 8.90. The predicted molar refractivity (Wildman–Crippen MR) is 71.5 cm³/mol. The molecule has 0 saturated carbocycles. The fourth-order valence-electron chi connectivity index (χ4n) is 1.93. The standard InChI is InChI=1S/C13H19FN4O/c1-13(2,3)10(6-7-19)15-12-16-11-5-4-9(14)8-18(11)17-12/h4-5,8,10,19H,6-7H2,1-3H3,(H,15,17). The molecule has 6 heteroatoms. The Labute approximate surface area is 111 Å². The first-order valence-corrected chi connectivity index (χ1v) is 6.29. The Morgan fingerprint density at radius 1 is 1.42 bits per heavy atom. The molecule has 0 fully saturated rings. The summed E-state index contributed by atoms with van der Waals surface area (Å²) >= 11 is 0. The SMILES string of the molecule is CC(C)(C)C(CCO)Nc1nc2ccc(F)cn2n1. The summed E-state index contributed by atoms with van der Waals surface area (Å²) in [6, 6.07) is 2.97. The lowest BCUT2D eigenvalue weighted by molar-refractivity contribution is 0.235. The maximum absolute atomic E-state index is 13.1. The van der Waals surface area contributed by atoms with Gasteiger partial charge in [-0.25, -0.2) is 8.91 Å². The molecular weight excluding hydrogens is 247 g/mol. The molecule has 2 rings (SSSR count). The second kappa shape index (κ2) is 5.13. The number of hydrogen-bond acceptors (Lipinski definition) is 4. The van der Waals surface area contributed by atoms with Gasteiger partial charge in [0.25, 0.3) is 0 Å². The van der Waals surface area contributed by atoms with Crippen molar-refractivity contribution >= 4 is 11.6 Å². The van der Waals surface area contributed by atoms with Gasteiger partial charge in [-0.3, -0.25) is 0 Å². The highest BCUT2D eigenvalue weighted by Gasteiger charge is 2.25. The summed E-state index contributed by atoms with van der Waals surface area (Å²) in [5.74, 6) is 0.0886. The molecule has 1 atom stereocenters. The molecular formula is C13H19FN4O. The number of nitrogens with zero attached hydrogens (tertiary/aromatic N) is 3. The Morgan fingerprint density at radius 3 is 2.79 bits per heavy atom. The monoisotopic (exact) mass is 266 g/mol. The number of nitrogens with one attached hydrogen (secondary N) is 1. The summed E-state index contributed by atoms with van der Waals surface area (Å²) in [4.78, 5) is 4.28. The number of hydrogen-bond donors (Lipinski definition) is 2. The number of rotatable bonds is 4. The molecule has 0 spiro atoms. The summed E-state index contributed by atoms with van der Waals surface area (Å²) in [5, 5.41) is 16.5. The van der Waals surface area contributed by atoms with Crippen LogP contribution in [0.25, 0.3) is 5.65 Å². The van der Waals surface area contributed by atoms with E-state index in [1.165, 1.54) is 16.8 Å². The van der Waals surface area contributed by atoms with Crippen LogP contribution in [0, 0.1) is 11.2 Å². The van der Waals surface area contributed by atoms with Gasteiger partial charge in [-0.15, -0.1) is 5.10 Å². The minimum Gasteiger partial charge on any atom is -0.396 e. The van der Waals surface area contributed by atoms with Gasteiger partial charge >= 0.3 is 0 Å². The van der Waals surface area contributed by atoms with Crippen molar-refractivity contribution in [1.82, 2.24) is 14.6 Å². The molecule has 2 heterocycles. The van der Waals surface area contributed by atoms with E-state index in [0.717, 1.165) is 0 Å². The van der Waals surface area contributed by atoms with Gasteiger partial charge < -0.3 is 10.4 Å². The molecule has 0 radical (unpaired) electrons. The molecule has 19 heavy (non-hydrogen) atoms. The van der Waals surface area contributed by atoms with E-state index < -0.39 is 0 Å². The largest absolute Gasteiger partial charge is 0.396 e. The number of fused-ring (bicyclic) bond motifs is 1. The summed E-state index contributed by atoms with van der Waals surface area (Å²) in [7, 11) is 0. The van der Waals surface area contributed by atoms with E-state index in [9.17, 15) is 4.39 Å². The van der Waals surface area contributed by atoms with Gasteiger partial charge in [0.05, 0.1) is 6.20 Å². The third-order valence-corrected chi connectivity index (χ3v) is 3.06. The summed E-state index contributed by atoms with van der Waals surface area (Å²) < 4.78 is 14.5. The second-order valence-electron chi connectivity index (χ2n) is 5.66. The molecule has 0 aliphatic carbocycles. The van der Waals surface area contributed by atoms with Crippen molar-refractivity contribution in [2.45, 2.75) is 33.2 Å². The molecule has 0 saturated heterocycles. The van der Waals surface area contributed by atoms with Gasteiger partial charge in [0.15, 0.2) is 5.65 Å². The van der Waals surface area contributed by atoms with Crippen molar-refractivity contribution in [2.24, 2.45) is 5.41 Å². The van der Waals surface area contributed by atoms with E-state index in [0.29, 0.717) is 18.0 Å². The quantitative estimate of drug-likeness (QED) is 0.889. The molecule has 5 nitrogen and oxygen atoms in total. The first kappa shape index (κ1) is 13.7. The Balaban J connectivity index is 2.24. The lowest BCUT2D eigenvalue weighted by Gasteiger charge is -2.30. The lowest BCUT2D eigenvalue weighted by atomic mass is 9.85. The minimum absolute atomic E-state index is 0.0362. The van der Waals surface area contributed by atoms with E-state index in [-0.39, 0.29) is 23.9 Å². The molecule has 0 amide bonds. The van der Waals surface area contributed by atoms with Gasteiger partial charge in [0, 0.05) is 12.6 Å². The van der Waals surface area contributed by atoms with E-state index in [1.54, 1.807) is 6.07 Å². The van der Waals surface area contributed by atoms with Gasteiger partial charge in [0.2, 0.25) is 5.95 Å². The molecule has 2 N–H and O–H groups in total. The third-order valence-electron chi connectivity index (χ3n) is 3.06. The van der Waals surface area contributed by atoms with Gasteiger partial charge in [-0.05, 0) is 24.0 Å². The van der Waals surface area contributed by atoms with Crippen LogP contribution in [0.1, 0.15) is 27.2 Å². The smallest absolute Gasteiger partial charge is 0.243 e. The van der Waals surface area contributed by atoms with Crippen molar-refractivity contribution in [2.75, 3.05) is 11.9 Å². The molecule has 104 valence electrons. The van der Waals surface area contributed by atoms with Crippen molar-refractivity contribution in [3.63, 3.8) is 0 Å². The highest BCUT2D eigenvalue weighted by molar-refractivity contribution is 5.43. The van der Waals surface area contributed by atoms with Gasteiger partial charge in [-0.1, -0.05) is 20.8 Å². The van der Waals surface area contributed by atoms with Gasteiger partial charge in [-0.2, -0.15) is 4.98 Å². The van der Waals surface area contributed by atoms with E-state index in [4.69, 9.17) is 5.11 Å². The lowest BCUT2D eigenvalue weighted by Crippen LogP contribution is -2.35. The highest BCUT2D eigenvalue weighted by atomic mass is 19.1. The molecule has 2 aromatic rings. The van der Waals surface area contributed by atoms with Crippen LogP contribution in [0.15, 0.2) is 18.3 Å². The predicted octanol–water partition coefficient (Wildman–Crippen LogP) is 2.08. The Kier molecular flexibility index (Phi) is 3.71. The second-order valence-corrected chi connectivity index (χ2v) is 5.66. The summed E-state index contributed by atoms with van der Waals surface area (Å²) in [6.45, 7) is 6.33. The van der Waals surface area contributed by atoms with Crippen LogP contribution in [-0.4, -0.2) is 32.4 Å². The van der Waals surface area contributed by atoms with Gasteiger partial charge in [0.1, 0.15) is 5.82 Å². The topological polar surface area (TPSA) is 62.5 Å². The third kappa shape index (κ3) is 3.20. The molecule has 2 aromatic heterocycles. The van der Waals surface area contributed by atoms with Crippen LogP contribution in [0.3, 0.4) is 0 Å². The molecule has 0 aliphatic rings. The summed E-state index contributed by atoms with van der Waals surface area (Å²) in [5.41, 5.74) is 0.548.